The summed E-state index contributed by atoms with van der Waals surface area (Å²) in [7, 11) is 0. The van der Waals surface area contributed by atoms with Gasteiger partial charge in [0, 0.05) is 12.8 Å². The van der Waals surface area contributed by atoms with Crippen LogP contribution < -0.4 is 0 Å². The highest BCUT2D eigenvalue weighted by molar-refractivity contribution is 4.82. The van der Waals surface area contributed by atoms with Crippen molar-refractivity contribution < 1.29 is 8.78 Å². The van der Waals surface area contributed by atoms with Gasteiger partial charge < -0.3 is 0 Å². The van der Waals surface area contributed by atoms with Crippen molar-refractivity contribution in [3.05, 3.63) is 0 Å². The first-order chi connectivity index (χ1) is 5.41. The Morgan fingerprint density at radius 1 is 0.833 bits per heavy atom. The van der Waals surface area contributed by atoms with Crippen molar-refractivity contribution in [2.45, 2.75) is 59.3 Å². The van der Waals surface area contributed by atoms with E-state index in [1.165, 1.54) is 0 Å². The molecule has 0 aliphatic heterocycles. The van der Waals surface area contributed by atoms with Gasteiger partial charge >= 0.3 is 0 Å². The summed E-state index contributed by atoms with van der Waals surface area (Å²) in [6, 6.07) is 0. The molecule has 12 heavy (non-hydrogen) atoms. The van der Waals surface area contributed by atoms with Gasteiger partial charge in [0.05, 0.1) is 0 Å². The summed E-state index contributed by atoms with van der Waals surface area (Å²) in [5.74, 6) is -2.37. The van der Waals surface area contributed by atoms with Crippen LogP contribution in [0, 0.1) is 5.41 Å². The maximum Gasteiger partial charge on any atom is 0.248 e. The van der Waals surface area contributed by atoms with E-state index in [1.807, 2.05) is 13.8 Å². The van der Waals surface area contributed by atoms with Gasteiger partial charge in [-0.1, -0.05) is 27.7 Å². The lowest BCUT2D eigenvalue weighted by molar-refractivity contribution is -0.0599. The van der Waals surface area contributed by atoms with Gasteiger partial charge in [-0.3, -0.25) is 0 Å². The molecule has 0 N–H and O–H groups in total. The molecule has 0 aromatic heterocycles. The van der Waals surface area contributed by atoms with Crippen LogP contribution >= 0.6 is 0 Å². The van der Waals surface area contributed by atoms with Crippen molar-refractivity contribution in [3.8, 4) is 0 Å². The standard InChI is InChI=1S/C8H14F2.C2H6/c1-7(2)3-5-8(9,10)6-4-7;1-2/h3-6H2,1-2H3;1-2H3. The van der Waals surface area contributed by atoms with Gasteiger partial charge in [-0.2, -0.15) is 0 Å². The fourth-order valence-electron chi connectivity index (χ4n) is 1.29. The molecule has 0 aromatic rings. The van der Waals surface area contributed by atoms with E-state index >= 15 is 0 Å². The first-order valence-electron chi connectivity index (χ1n) is 4.79. The molecule has 1 aliphatic carbocycles. The molecule has 0 radical (unpaired) electrons. The Bertz CT molecular complexity index is 99.8. The lowest BCUT2D eigenvalue weighted by Crippen LogP contribution is -2.28. The SMILES string of the molecule is CC.CC1(C)CCC(F)(F)CC1. The maximum absolute atomic E-state index is 12.5. The molecule has 0 aromatic carbocycles. The fourth-order valence-corrected chi connectivity index (χ4v) is 1.29. The van der Waals surface area contributed by atoms with Crippen LogP contribution in [0.1, 0.15) is 53.4 Å². The summed E-state index contributed by atoms with van der Waals surface area (Å²) >= 11 is 0. The molecule has 0 bridgehead atoms. The second-order valence-electron chi connectivity index (χ2n) is 4.02. The minimum absolute atomic E-state index is 0.0833. The topological polar surface area (TPSA) is 0 Å². The van der Waals surface area contributed by atoms with E-state index < -0.39 is 5.92 Å². The van der Waals surface area contributed by atoms with E-state index in [2.05, 4.69) is 13.8 Å². The predicted octanol–water partition coefficient (Wildman–Crippen LogP) is 4.25. The van der Waals surface area contributed by atoms with Crippen LogP contribution in [0.2, 0.25) is 0 Å². The van der Waals surface area contributed by atoms with Crippen molar-refractivity contribution >= 4 is 0 Å². The molecule has 0 amide bonds. The third kappa shape index (κ3) is 4.03. The van der Waals surface area contributed by atoms with Crippen LogP contribution in [0.25, 0.3) is 0 Å². The predicted molar refractivity (Wildman–Crippen MR) is 48.5 cm³/mol. The molecule has 1 fully saturated rings. The summed E-state index contributed by atoms with van der Waals surface area (Å²) in [5, 5.41) is 0. The molecule has 0 spiro atoms. The van der Waals surface area contributed by atoms with Crippen LogP contribution in [-0.4, -0.2) is 5.92 Å². The van der Waals surface area contributed by atoms with Gasteiger partial charge in [-0.15, -0.1) is 0 Å². The molecule has 74 valence electrons. The minimum atomic E-state index is -2.37. The molecular formula is C10H20F2. The molecule has 1 aliphatic rings. The van der Waals surface area contributed by atoms with Crippen LogP contribution in [0.3, 0.4) is 0 Å². The first-order valence-corrected chi connectivity index (χ1v) is 4.79. The number of hydrogen-bond donors (Lipinski definition) is 0. The Morgan fingerprint density at radius 2 is 1.17 bits per heavy atom. The summed E-state index contributed by atoms with van der Waals surface area (Å²) in [6.45, 7) is 8.12. The smallest absolute Gasteiger partial charge is 0.207 e. The molecule has 0 heterocycles. The quantitative estimate of drug-likeness (QED) is 0.520. The zero-order valence-corrected chi connectivity index (χ0v) is 8.58. The second kappa shape index (κ2) is 4.20. The zero-order chi connectivity index (χ0) is 9.83. The van der Waals surface area contributed by atoms with Crippen LogP contribution in [-0.2, 0) is 0 Å². The van der Waals surface area contributed by atoms with Gasteiger partial charge in [0.25, 0.3) is 0 Å². The van der Waals surface area contributed by atoms with Crippen molar-refractivity contribution in [1.29, 1.82) is 0 Å². The molecular weight excluding hydrogens is 158 g/mol. The lowest BCUT2D eigenvalue weighted by Gasteiger charge is -2.33. The Hall–Kier alpha value is -0.140. The van der Waals surface area contributed by atoms with Gasteiger partial charge in [-0.05, 0) is 18.3 Å². The Morgan fingerprint density at radius 3 is 1.42 bits per heavy atom. The van der Waals surface area contributed by atoms with E-state index in [0.29, 0.717) is 12.8 Å². The van der Waals surface area contributed by atoms with Crippen LogP contribution in [0.4, 0.5) is 8.78 Å². The minimum Gasteiger partial charge on any atom is -0.207 e. The molecule has 2 heteroatoms. The molecule has 0 nitrogen and oxygen atoms in total. The summed E-state index contributed by atoms with van der Waals surface area (Å²) in [4.78, 5) is 0. The van der Waals surface area contributed by atoms with Gasteiger partial charge in [0.2, 0.25) is 5.92 Å². The van der Waals surface area contributed by atoms with Crippen LogP contribution in [0.15, 0.2) is 0 Å². The van der Waals surface area contributed by atoms with Crippen molar-refractivity contribution in [2.24, 2.45) is 5.41 Å². The van der Waals surface area contributed by atoms with Crippen LogP contribution in [0.5, 0.6) is 0 Å². The van der Waals surface area contributed by atoms with E-state index in [9.17, 15) is 8.78 Å². The number of rotatable bonds is 0. The Balaban J connectivity index is 0.000000561. The monoisotopic (exact) mass is 178 g/mol. The van der Waals surface area contributed by atoms with Crippen molar-refractivity contribution in [1.82, 2.24) is 0 Å². The van der Waals surface area contributed by atoms with Gasteiger partial charge in [-0.25, -0.2) is 8.78 Å². The fraction of sp³-hybridized carbons (Fsp3) is 1.00. The van der Waals surface area contributed by atoms with Crippen molar-refractivity contribution in [2.75, 3.05) is 0 Å². The number of hydrogen-bond acceptors (Lipinski definition) is 0. The summed E-state index contributed by atoms with van der Waals surface area (Å²) < 4.78 is 25.1. The van der Waals surface area contributed by atoms with Gasteiger partial charge in [0.1, 0.15) is 0 Å². The lowest BCUT2D eigenvalue weighted by atomic mass is 9.76. The van der Waals surface area contributed by atoms with E-state index in [1.54, 1.807) is 0 Å². The second-order valence-corrected chi connectivity index (χ2v) is 4.02. The van der Waals surface area contributed by atoms with Gasteiger partial charge in [0.15, 0.2) is 0 Å². The normalized spacial score (nSPS) is 25.5. The highest BCUT2D eigenvalue weighted by Crippen LogP contribution is 2.42. The molecule has 1 rings (SSSR count). The number of alkyl halides is 2. The third-order valence-electron chi connectivity index (χ3n) is 2.34. The molecule has 0 unspecified atom stereocenters. The van der Waals surface area contributed by atoms with E-state index in [0.717, 1.165) is 0 Å². The van der Waals surface area contributed by atoms with Crippen molar-refractivity contribution in [3.63, 3.8) is 0 Å². The Labute approximate surface area is 74.4 Å². The van der Waals surface area contributed by atoms with E-state index in [4.69, 9.17) is 0 Å². The average Bonchev–Trinajstić information content (AvgIpc) is 2.01. The summed E-state index contributed by atoms with van der Waals surface area (Å²) in [6.07, 6.45) is 1.50. The average molecular weight is 178 g/mol. The third-order valence-corrected chi connectivity index (χ3v) is 2.34. The highest BCUT2D eigenvalue weighted by Gasteiger charge is 2.38. The molecule has 1 saturated carbocycles. The molecule has 0 atom stereocenters. The molecule has 0 saturated heterocycles. The Kier molecular flexibility index (Phi) is 4.15. The first kappa shape index (κ1) is 11.9. The number of halogens is 2. The zero-order valence-electron chi connectivity index (χ0n) is 8.58. The maximum atomic E-state index is 12.5. The van der Waals surface area contributed by atoms with E-state index in [-0.39, 0.29) is 18.3 Å². The summed E-state index contributed by atoms with van der Waals surface area (Å²) in [5.41, 5.74) is 0.154. The highest BCUT2D eigenvalue weighted by atomic mass is 19.3. The largest absolute Gasteiger partial charge is 0.248 e.